The van der Waals surface area contributed by atoms with Gasteiger partial charge in [0.15, 0.2) is 0 Å². The van der Waals surface area contributed by atoms with Gasteiger partial charge in [-0.25, -0.2) is 4.98 Å². The van der Waals surface area contributed by atoms with E-state index in [-0.39, 0.29) is 0 Å². The first kappa shape index (κ1) is 11.0. The van der Waals surface area contributed by atoms with Crippen LogP contribution in [0.25, 0.3) is 0 Å². The molecule has 5 heteroatoms. The average Bonchev–Trinajstić information content (AvgIpc) is 2.63. The van der Waals surface area contributed by atoms with Crippen molar-refractivity contribution >= 4 is 21.6 Å². The van der Waals surface area contributed by atoms with Crippen LogP contribution in [0.2, 0.25) is 0 Å². The molecule has 0 saturated heterocycles. The smallest absolute Gasteiger partial charge is 0.301 e. The minimum Gasteiger partial charge on any atom is -0.425 e. The van der Waals surface area contributed by atoms with Crippen molar-refractivity contribution in [2.24, 2.45) is 0 Å². The van der Waals surface area contributed by atoms with Crippen molar-refractivity contribution in [3.8, 4) is 11.8 Å². The van der Waals surface area contributed by atoms with Gasteiger partial charge in [-0.05, 0) is 19.1 Å². The fourth-order valence-corrected chi connectivity index (χ4v) is 1.88. The Morgan fingerprint density at radius 2 is 2.25 bits per heavy atom. The third-order valence-electron chi connectivity index (χ3n) is 2.12. The van der Waals surface area contributed by atoms with Gasteiger partial charge in [0.2, 0.25) is 0 Å². The summed E-state index contributed by atoms with van der Waals surface area (Å²) in [5.41, 5.74) is 6.37. The average molecular weight is 282 g/mol. The molecule has 0 amide bonds. The molecule has 1 aromatic carbocycles. The number of hydrogen-bond donors (Lipinski definition) is 1. The molecule has 0 saturated carbocycles. The Hall–Kier alpha value is -1.49. The molecule has 0 spiro atoms. The first-order chi connectivity index (χ1) is 7.69. The maximum Gasteiger partial charge on any atom is 0.301 e. The van der Waals surface area contributed by atoms with E-state index in [1.807, 2.05) is 29.8 Å². The Labute approximate surface area is 102 Å². The Bertz CT molecular complexity index is 475. The van der Waals surface area contributed by atoms with E-state index in [9.17, 15) is 0 Å². The van der Waals surface area contributed by atoms with Crippen LogP contribution in [0, 0.1) is 0 Å². The number of nitrogens with two attached hydrogens (primary N) is 1. The Kier molecular flexibility index (Phi) is 3.14. The largest absolute Gasteiger partial charge is 0.425 e. The molecule has 0 aliphatic heterocycles. The number of aryl methyl sites for hydroxylation is 1. The first-order valence-electron chi connectivity index (χ1n) is 4.94. The number of ether oxygens (including phenoxy) is 1. The van der Waals surface area contributed by atoms with Gasteiger partial charge in [0, 0.05) is 35.2 Å². The fraction of sp³-hybridized carbons (Fsp3) is 0.182. The third-order valence-corrected chi connectivity index (χ3v) is 2.58. The van der Waals surface area contributed by atoms with Gasteiger partial charge in [0.25, 0.3) is 0 Å². The van der Waals surface area contributed by atoms with Crippen molar-refractivity contribution in [1.29, 1.82) is 0 Å². The van der Waals surface area contributed by atoms with Crippen LogP contribution in [0.4, 0.5) is 5.69 Å². The van der Waals surface area contributed by atoms with Crippen LogP contribution < -0.4 is 10.5 Å². The van der Waals surface area contributed by atoms with E-state index in [0.717, 1.165) is 11.0 Å². The number of halogens is 1. The van der Waals surface area contributed by atoms with Gasteiger partial charge in [0.05, 0.1) is 0 Å². The third kappa shape index (κ3) is 2.36. The standard InChI is InChI=1S/C11H12BrN3O/c1-2-15-4-3-14-11(15)16-10-6-8(12)5-9(13)7-10/h3-7H,2,13H2,1H3. The lowest BCUT2D eigenvalue weighted by Crippen LogP contribution is -1.97. The topological polar surface area (TPSA) is 53.1 Å². The number of rotatable bonds is 3. The first-order valence-corrected chi connectivity index (χ1v) is 5.73. The molecule has 0 aliphatic carbocycles. The van der Waals surface area contributed by atoms with Gasteiger partial charge in [0.1, 0.15) is 5.75 Å². The van der Waals surface area contributed by atoms with E-state index in [4.69, 9.17) is 10.5 Å². The summed E-state index contributed by atoms with van der Waals surface area (Å²) in [4.78, 5) is 4.13. The Balaban J connectivity index is 2.26. The highest BCUT2D eigenvalue weighted by Crippen LogP contribution is 2.26. The molecule has 2 rings (SSSR count). The monoisotopic (exact) mass is 281 g/mol. The number of aromatic nitrogens is 2. The van der Waals surface area contributed by atoms with Crippen LogP contribution >= 0.6 is 15.9 Å². The van der Waals surface area contributed by atoms with Gasteiger partial charge >= 0.3 is 6.01 Å². The van der Waals surface area contributed by atoms with Crippen molar-refractivity contribution in [3.63, 3.8) is 0 Å². The van der Waals surface area contributed by atoms with Crippen LogP contribution in [0.1, 0.15) is 6.92 Å². The van der Waals surface area contributed by atoms with Crippen LogP contribution in [0.3, 0.4) is 0 Å². The quantitative estimate of drug-likeness (QED) is 0.880. The lowest BCUT2D eigenvalue weighted by molar-refractivity contribution is 0.415. The van der Waals surface area contributed by atoms with Gasteiger partial charge in [-0.1, -0.05) is 15.9 Å². The van der Waals surface area contributed by atoms with E-state index in [0.29, 0.717) is 17.4 Å². The second-order valence-electron chi connectivity index (χ2n) is 3.32. The van der Waals surface area contributed by atoms with Crippen LogP contribution in [-0.4, -0.2) is 9.55 Å². The van der Waals surface area contributed by atoms with Crippen molar-refractivity contribution in [2.75, 3.05) is 5.73 Å². The molecule has 2 N–H and O–H groups in total. The maximum absolute atomic E-state index is 5.72. The highest BCUT2D eigenvalue weighted by molar-refractivity contribution is 9.10. The lowest BCUT2D eigenvalue weighted by Gasteiger charge is -2.07. The molecule has 16 heavy (non-hydrogen) atoms. The molecule has 0 atom stereocenters. The summed E-state index contributed by atoms with van der Waals surface area (Å²) in [5, 5.41) is 0. The Morgan fingerprint density at radius 3 is 2.94 bits per heavy atom. The fourth-order valence-electron chi connectivity index (χ4n) is 1.39. The highest BCUT2D eigenvalue weighted by atomic mass is 79.9. The summed E-state index contributed by atoms with van der Waals surface area (Å²) in [5.74, 6) is 0.674. The number of hydrogen-bond acceptors (Lipinski definition) is 3. The van der Waals surface area contributed by atoms with Crippen LogP contribution in [0.15, 0.2) is 35.1 Å². The van der Waals surface area contributed by atoms with Gasteiger partial charge in [-0.2, -0.15) is 0 Å². The summed E-state index contributed by atoms with van der Waals surface area (Å²) in [7, 11) is 0. The zero-order valence-corrected chi connectivity index (χ0v) is 10.4. The molecule has 2 aromatic rings. The molecule has 0 aliphatic rings. The lowest BCUT2D eigenvalue weighted by atomic mass is 10.3. The molecular formula is C11H12BrN3O. The molecule has 0 bridgehead atoms. The van der Waals surface area contributed by atoms with E-state index < -0.39 is 0 Å². The molecule has 4 nitrogen and oxygen atoms in total. The minimum atomic E-state index is 0.569. The van der Waals surface area contributed by atoms with Gasteiger partial charge in [-0.15, -0.1) is 0 Å². The van der Waals surface area contributed by atoms with Crippen molar-refractivity contribution < 1.29 is 4.74 Å². The predicted octanol–water partition coefficient (Wildman–Crippen LogP) is 3.04. The summed E-state index contributed by atoms with van der Waals surface area (Å²) in [6, 6.07) is 6.00. The number of imidazole rings is 1. The SMILES string of the molecule is CCn1ccnc1Oc1cc(N)cc(Br)c1. The number of benzene rings is 1. The normalized spacial score (nSPS) is 10.4. The van der Waals surface area contributed by atoms with Crippen LogP contribution in [0.5, 0.6) is 11.8 Å². The molecule has 1 aromatic heterocycles. The maximum atomic E-state index is 5.72. The zero-order valence-electron chi connectivity index (χ0n) is 8.85. The van der Waals surface area contributed by atoms with E-state index in [2.05, 4.69) is 20.9 Å². The van der Waals surface area contributed by atoms with E-state index in [1.54, 1.807) is 12.3 Å². The van der Waals surface area contributed by atoms with Gasteiger partial charge in [-0.3, -0.25) is 0 Å². The number of nitrogens with zero attached hydrogens (tertiary/aromatic N) is 2. The minimum absolute atomic E-state index is 0.569. The summed E-state index contributed by atoms with van der Waals surface area (Å²) < 4.78 is 8.44. The number of nitrogen functional groups attached to an aromatic ring is 1. The molecule has 0 fully saturated rings. The molecule has 84 valence electrons. The summed E-state index contributed by atoms with van der Waals surface area (Å²) >= 11 is 3.37. The van der Waals surface area contributed by atoms with Crippen LogP contribution in [-0.2, 0) is 6.54 Å². The van der Waals surface area contributed by atoms with E-state index >= 15 is 0 Å². The summed E-state index contributed by atoms with van der Waals surface area (Å²) in [6.07, 6.45) is 3.58. The molecular weight excluding hydrogens is 270 g/mol. The number of anilines is 1. The van der Waals surface area contributed by atoms with Crippen molar-refractivity contribution in [3.05, 3.63) is 35.1 Å². The molecule has 0 radical (unpaired) electrons. The van der Waals surface area contributed by atoms with Crippen molar-refractivity contribution in [1.82, 2.24) is 9.55 Å². The second kappa shape index (κ2) is 4.57. The Morgan fingerprint density at radius 1 is 1.44 bits per heavy atom. The predicted molar refractivity (Wildman–Crippen MR) is 66.5 cm³/mol. The van der Waals surface area contributed by atoms with Gasteiger partial charge < -0.3 is 15.0 Å². The second-order valence-corrected chi connectivity index (χ2v) is 4.23. The molecule has 0 unspecified atom stereocenters. The zero-order chi connectivity index (χ0) is 11.5. The van der Waals surface area contributed by atoms with E-state index in [1.165, 1.54) is 0 Å². The highest BCUT2D eigenvalue weighted by Gasteiger charge is 2.05. The molecule has 1 heterocycles. The van der Waals surface area contributed by atoms with Crippen molar-refractivity contribution in [2.45, 2.75) is 13.5 Å². The summed E-state index contributed by atoms with van der Waals surface area (Å²) in [6.45, 7) is 2.85.